The van der Waals surface area contributed by atoms with E-state index in [0.717, 1.165) is 0 Å². The van der Waals surface area contributed by atoms with Gasteiger partial charge in [-0.25, -0.2) is 9.48 Å². The van der Waals surface area contributed by atoms with Crippen molar-refractivity contribution in [3.05, 3.63) is 34.9 Å². The van der Waals surface area contributed by atoms with Crippen molar-refractivity contribution >= 4 is 11.4 Å². The highest BCUT2D eigenvalue weighted by Gasteiger charge is 2.17. The molecule has 0 fully saturated rings. The summed E-state index contributed by atoms with van der Waals surface area (Å²) in [6.45, 7) is 3.47. The first kappa shape index (κ1) is 10.6. The van der Waals surface area contributed by atoms with E-state index in [1.807, 2.05) is 0 Å². The molecule has 0 aliphatic rings. The summed E-state index contributed by atoms with van der Waals surface area (Å²) in [5.74, 6) is 0.00510. The molecule has 0 radical (unpaired) electrons. The van der Waals surface area contributed by atoms with E-state index >= 15 is 0 Å². The normalized spacial score (nSPS) is 12.9. The van der Waals surface area contributed by atoms with Crippen molar-refractivity contribution in [1.82, 2.24) is 14.2 Å². The van der Waals surface area contributed by atoms with Crippen molar-refractivity contribution in [2.24, 2.45) is 0 Å². The van der Waals surface area contributed by atoms with Crippen LogP contribution in [0, 0.1) is 0 Å². The summed E-state index contributed by atoms with van der Waals surface area (Å²) in [5.41, 5.74) is 0.285. The van der Waals surface area contributed by atoms with E-state index in [-0.39, 0.29) is 11.5 Å². The molecule has 5 heteroatoms. The van der Waals surface area contributed by atoms with Crippen molar-refractivity contribution in [3.8, 4) is 0 Å². The fourth-order valence-corrected chi connectivity index (χ4v) is 1.62. The van der Waals surface area contributed by atoms with Gasteiger partial charge in [0.2, 0.25) is 0 Å². The first-order valence-corrected chi connectivity index (χ1v) is 5.23. The molecule has 2 heterocycles. The molecule has 0 aromatic carbocycles. The molecule has 0 spiro atoms. The average molecular weight is 219 g/mol. The Kier molecular flexibility index (Phi) is 2.60. The Balaban J connectivity index is 2.58. The van der Waals surface area contributed by atoms with E-state index in [9.17, 15) is 9.59 Å². The van der Waals surface area contributed by atoms with Crippen molar-refractivity contribution < 1.29 is 4.79 Å². The number of carbonyl (C=O) groups excluding carboxylic acids is 1. The van der Waals surface area contributed by atoms with Gasteiger partial charge in [0.05, 0.1) is 0 Å². The molecule has 2 rings (SSSR count). The van der Waals surface area contributed by atoms with Crippen molar-refractivity contribution in [2.75, 3.05) is 0 Å². The van der Waals surface area contributed by atoms with Crippen LogP contribution in [-0.2, 0) is 4.79 Å². The lowest BCUT2D eigenvalue weighted by molar-refractivity contribution is -0.121. The van der Waals surface area contributed by atoms with E-state index < -0.39 is 6.04 Å². The predicted octanol–water partition coefficient (Wildman–Crippen LogP) is 1.04. The van der Waals surface area contributed by atoms with Crippen LogP contribution in [0.3, 0.4) is 0 Å². The molecule has 0 N–H and O–H groups in total. The van der Waals surface area contributed by atoms with Crippen LogP contribution in [0.15, 0.2) is 29.2 Å². The summed E-state index contributed by atoms with van der Waals surface area (Å²) in [5, 5.41) is 4.13. The first-order chi connectivity index (χ1) is 7.65. The van der Waals surface area contributed by atoms with Gasteiger partial charge in [-0.2, -0.15) is 0 Å². The lowest BCUT2D eigenvalue weighted by Crippen LogP contribution is -2.28. The van der Waals surface area contributed by atoms with E-state index in [2.05, 4.69) is 5.10 Å². The number of fused-ring (bicyclic) bond motifs is 1. The van der Waals surface area contributed by atoms with Gasteiger partial charge in [0.15, 0.2) is 11.4 Å². The summed E-state index contributed by atoms with van der Waals surface area (Å²) in [6, 6.07) is 4.80. The molecular weight excluding hydrogens is 206 g/mol. The molecule has 0 saturated heterocycles. The monoisotopic (exact) mass is 219 g/mol. The Morgan fingerprint density at radius 1 is 1.50 bits per heavy atom. The van der Waals surface area contributed by atoms with E-state index in [1.165, 1.54) is 9.08 Å². The van der Waals surface area contributed by atoms with Crippen LogP contribution in [0.4, 0.5) is 0 Å². The summed E-state index contributed by atoms with van der Waals surface area (Å²) >= 11 is 0. The van der Waals surface area contributed by atoms with Gasteiger partial charge in [-0.05, 0) is 19.1 Å². The molecule has 1 unspecified atom stereocenters. The van der Waals surface area contributed by atoms with Crippen LogP contribution < -0.4 is 5.69 Å². The Morgan fingerprint density at radius 2 is 2.25 bits per heavy atom. The van der Waals surface area contributed by atoms with Gasteiger partial charge in [-0.3, -0.25) is 9.20 Å². The maximum atomic E-state index is 11.9. The zero-order valence-electron chi connectivity index (χ0n) is 9.25. The maximum Gasteiger partial charge on any atom is 0.351 e. The molecular formula is C11H13N3O2. The third kappa shape index (κ3) is 1.54. The average Bonchev–Trinajstić information content (AvgIpc) is 2.65. The fraction of sp³-hybridized carbons (Fsp3) is 0.364. The highest BCUT2D eigenvalue weighted by Crippen LogP contribution is 2.06. The molecule has 0 aliphatic carbocycles. The third-order valence-corrected chi connectivity index (χ3v) is 2.63. The highest BCUT2D eigenvalue weighted by atomic mass is 16.2. The lowest BCUT2D eigenvalue weighted by atomic mass is 10.2. The molecule has 0 saturated carbocycles. The quantitative estimate of drug-likeness (QED) is 0.774. The van der Waals surface area contributed by atoms with E-state index in [4.69, 9.17) is 0 Å². The van der Waals surface area contributed by atoms with Crippen molar-refractivity contribution in [3.63, 3.8) is 0 Å². The van der Waals surface area contributed by atoms with Crippen LogP contribution in [0.25, 0.3) is 5.65 Å². The largest absolute Gasteiger partial charge is 0.351 e. The van der Waals surface area contributed by atoms with Gasteiger partial charge in [0.25, 0.3) is 0 Å². The minimum atomic E-state index is -0.502. The second-order valence-corrected chi connectivity index (χ2v) is 3.65. The van der Waals surface area contributed by atoms with Gasteiger partial charge >= 0.3 is 5.69 Å². The third-order valence-electron chi connectivity index (χ3n) is 2.63. The number of hydrogen-bond acceptors (Lipinski definition) is 3. The molecule has 2 aromatic rings. The standard InChI is InChI=1S/C11H13N3O2/c1-3-9(15)8(2)14-11(16)13-7-5-4-6-10(13)12-14/h4-8H,3H2,1-2H3. The molecule has 0 aliphatic heterocycles. The smallest absolute Gasteiger partial charge is 0.297 e. The SMILES string of the molecule is CCC(=O)C(C)n1nc2ccccn2c1=O. The van der Waals surface area contributed by atoms with Gasteiger partial charge in [0, 0.05) is 12.6 Å². The number of pyridine rings is 1. The Morgan fingerprint density at radius 3 is 2.88 bits per heavy atom. The lowest BCUT2D eigenvalue weighted by Gasteiger charge is -2.06. The number of carbonyl (C=O) groups is 1. The minimum absolute atomic E-state index is 0.00510. The molecule has 1 atom stereocenters. The number of ketones is 1. The van der Waals surface area contributed by atoms with Crippen LogP contribution in [0.5, 0.6) is 0 Å². The highest BCUT2D eigenvalue weighted by molar-refractivity contribution is 5.81. The second kappa shape index (κ2) is 3.92. The van der Waals surface area contributed by atoms with Crippen molar-refractivity contribution in [2.45, 2.75) is 26.3 Å². The van der Waals surface area contributed by atoms with Crippen LogP contribution >= 0.6 is 0 Å². The second-order valence-electron chi connectivity index (χ2n) is 3.65. The molecule has 16 heavy (non-hydrogen) atoms. The Hall–Kier alpha value is -1.91. The number of nitrogens with zero attached hydrogens (tertiary/aromatic N) is 3. The fourth-order valence-electron chi connectivity index (χ4n) is 1.62. The molecule has 0 amide bonds. The predicted molar refractivity (Wildman–Crippen MR) is 59.5 cm³/mol. The maximum absolute atomic E-state index is 11.9. The van der Waals surface area contributed by atoms with Crippen molar-refractivity contribution in [1.29, 1.82) is 0 Å². The molecule has 2 aromatic heterocycles. The number of Topliss-reactive ketones (excluding diaryl/α,β-unsaturated/α-hetero) is 1. The van der Waals surface area contributed by atoms with Crippen LogP contribution in [0.1, 0.15) is 26.3 Å². The zero-order valence-corrected chi connectivity index (χ0v) is 9.25. The summed E-state index contributed by atoms with van der Waals surface area (Å²) < 4.78 is 2.67. The molecule has 5 nitrogen and oxygen atoms in total. The summed E-state index contributed by atoms with van der Waals surface area (Å²) in [6.07, 6.45) is 2.05. The number of aromatic nitrogens is 3. The topological polar surface area (TPSA) is 56.4 Å². The van der Waals surface area contributed by atoms with Crippen LogP contribution in [-0.4, -0.2) is 20.0 Å². The Labute approximate surface area is 92.3 Å². The molecule has 84 valence electrons. The van der Waals surface area contributed by atoms with Gasteiger partial charge < -0.3 is 0 Å². The van der Waals surface area contributed by atoms with Gasteiger partial charge in [-0.15, -0.1) is 5.10 Å². The first-order valence-electron chi connectivity index (χ1n) is 5.23. The van der Waals surface area contributed by atoms with Gasteiger partial charge in [0.1, 0.15) is 6.04 Å². The van der Waals surface area contributed by atoms with Gasteiger partial charge in [-0.1, -0.05) is 13.0 Å². The van der Waals surface area contributed by atoms with E-state index in [1.54, 1.807) is 38.2 Å². The molecule has 0 bridgehead atoms. The van der Waals surface area contributed by atoms with E-state index in [0.29, 0.717) is 12.1 Å². The van der Waals surface area contributed by atoms with Crippen LogP contribution in [0.2, 0.25) is 0 Å². The zero-order chi connectivity index (χ0) is 11.7. The summed E-state index contributed by atoms with van der Waals surface area (Å²) in [7, 11) is 0. The minimum Gasteiger partial charge on any atom is -0.297 e. The summed E-state index contributed by atoms with van der Waals surface area (Å²) in [4.78, 5) is 23.4. The Bertz CT molecular complexity index is 582. The number of hydrogen-bond donors (Lipinski definition) is 0. The number of rotatable bonds is 3.